The zero-order valence-electron chi connectivity index (χ0n) is 12.1. The largest absolute Gasteiger partial charge is 0.323 e. The first-order valence-electron chi connectivity index (χ1n) is 7.02. The van der Waals surface area contributed by atoms with Gasteiger partial charge in [-0.2, -0.15) is 0 Å². The lowest BCUT2D eigenvalue weighted by molar-refractivity contribution is 0.302. The van der Waals surface area contributed by atoms with E-state index in [0.717, 1.165) is 18.4 Å². The van der Waals surface area contributed by atoms with Crippen LogP contribution in [0.1, 0.15) is 36.6 Å². The van der Waals surface area contributed by atoms with Crippen LogP contribution in [0.25, 0.3) is 0 Å². The minimum Gasteiger partial charge on any atom is -0.323 e. The Kier molecular flexibility index (Phi) is 4.08. The lowest BCUT2D eigenvalue weighted by atomic mass is 10.0. The summed E-state index contributed by atoms with van der Waals surface area (Å²) in [4.78, 5) is 2.51. The van der Waals surface area contributed by atoms with Crippen LogP contribution in [0.4, 0.5) is 0 Å². The molecule has 18 heavy (non-hydrogen) atoms. The quantitative estimate of drug-likeness (QED) is 0.888. The van der Waals surface area contributed by atoms with Crippen molar-refractivity contribution in [2.75, 3.05) is 19.6 Å². The predicted octanol–water partition coefficient (Wildman–Crippen LogP) is 2.89. The molecule has 2 N–H and O–H groups in total. The standard InChI is InChI=1S/C16H26N2/c1-11-5-12(2)7-15(6-11)16(17)10-18-8-13(3)14(4)9-18/h5-7,13-14,16H,8-10,17H2,1-4H3. The lowest BCUT2D eigenvalue weighted by Crippen LogP contribution is -2.30. The molecule has 1 aromatic carbocycles. The molecule has 0 amide bonds. The third-order valence-corrected chi connectivity index (χ3v) is 4.19. The van der Waals surface area contributed by atoms with Crippen LogP contribution in [0.2, 0.25) is 0 Å². The fourth-order valence-electron chi connectivity index (χ4n) is 3.01. The highest BCUT2D eigenvalue weighted by Gasteiger charge is 2.27. The van der Waals surface area contributed by atoms with Crippen molar-refractivity contribution in [2.45, 2.75) is 33.7 Å². The van der Waals surface area contributed by atoms with E-state index in [1.54, 1.807) is 0 Å². The van der Waals surface area contributed by atoms with Crippen molar-refractivity contribution in [1.29, 1.82) is 0 Å². The monoisotopic (exact) mass is 246 g/mol. The summed E-state index contributed by atoms with van der Waals surface area (Å²) in [6.45, 7) is 12.3. The van der Waals surface area contributed by atoms with E-state index in [1.165, 1.54) is 29.8 Å². The summed E-state index contributed by atoms with van der Waals surface area (Å²) in [5.74, 6) is 1.60. The Hall–Kier alpha value is -0.860. The highest BCUT2D eigenvalue weighted by molar-refractivity contribution is 5.30. The molecule has 1 aliphatic heterocycles. The highest BCUT2D eigenvalue weighted by Crippen LogP contribution is 2.24. The summed E-state index contributed by atoms with van der Waals surface area (Å²) < 4.78 is 0. The summed E-state index contributed by atoms with van der Waals surface area (Å²) in [7, 11) is 0. The molecule has 0 bridgehead atoms. The van der Waals surface area contributed by atoms with Crippen molar-refractivity contribution >= 4 is 0 Å². The topological polar surface area (TPSA) is 29.3 Å². The molecule has 3 atom stereocenters. The van der Waals surface area contributed by atoms with Crippen LogP contribution in [0.5, 0.6) is 0 Å². The first-order chi connectivity index (χ1) is 8.45. The Morgan fingerprint density at radius 3 is 2.11 bits per heavy atom. The minimum absolute atomic E-state index is 0.140. The maximum Gasteiger partial charge on any atom is 0.0424 e. The second-order valence-electron chi connectivity index (χ2n) is 6.20. The van der Waals surface area contributed by atoms with Gasteiger partial charge in [0.15, 0.2) is 0 Å². The fraction of sp³-hybridized carbons (Fsp3) is 0.625. The van der Waals surface area contributed by atoms with Gasteiger partial charge in [0, 0.05) is 25.7 Å². The number of nitrogens with zero attached hydrogens (tertiary/aromatic N) is 1. The fourth-order valence-corrected chi connectivity index (χ4v) is 3.01. The molecule has 0 spiro atoms. The van der Waals surface area contributed by atoms with E-state index in [2.05, 4.69) is 50.8 Å². The number of likely N-dealkylation sites (tertiary alicyclic amines) is 1. The van der Waals surface area contributed by atoms with Crippen LogP contribution in [-0.2, 0) is 0 Å². The van der Waals surface area contributed by atoms with Crippen LogP contribution in [0.15, 0.2) is 18.2 Å². The molecule has 1 fully saturated rings. The van der Waals surface area contributed by atoms with E-state index in [4.69, 9.17) is 5.73 Å². The molecule has 1 aliphatic rings. The Balaban J connectivity index is 2.01. The van der Waals surface area contributed by atoms with E-state index < -0.39 is 0 Å². The molecule has 1 aromatic rings. The molecule has 2 rings (SSSR count). The SMILES string of the molecule is Cc1cc(C)cc(C(N)CN2CC(C)C(C)C2)c1. The first-order valence-corrected chi connectivity index (χ1v) is 7.02. The van der Waals surface area contributed by atoms with Gasteiger partial charge in [0.2, 0.25) is 0 Å². The molecule has 0 aromatic heterocycles. The summed E-state index contributed by atoms with van der Waals surface area (Å²) in [5, 5.41) is 0. The van der Waals surface area contributed by atoms with Crippen molar-refractivity contribution < 1.29 is 0 Å². The number of aryl methyl sites for hydroxylation is 2. The summed E-state index contributed by atoms with van der Waals surface area (Å²) in [6, 6.07) is 6.79. The van der Waals surface area contributed by atoms with Gasteiger partial charge >= 0.3 is 0 Å². The van der Waals surface area contributed by atoms with E-state index in [-0.39, 0.29) is 6.04 Å². The van der Waals surface area contributed by atoms with Crippen molar-refractivity contribution in [3.63, 3.8) is 0 Å². The van der Waals surface area contributed by atoms with Crippen LogP contribution >= 0.6 is 0 Å². The van der Waals surface area contributed by atoms with Gasteiger partial charge in [-0.1, -0.05) is 43.2 Å². The molecular weight excluding hydrogens is 220 g/mol. The molecule has 3 unspecified atom stereocenters. The first kappa shape index (κ1) is 13.6. The normalized spacial score (nSPS) is 26.5. The minimum atomic E-state index is 0.140. The van der Waals surface area contributed by atoms with E-state index >= 15 is 0 Å². The Morgan fingerprint density at radius 2 is 1.61 bits per heavy atom. The van der Waals surface area contributed by atoms with Gasteiger partial charge in [0.1, 0.15) is 0 Å². The van der Waals surface area contributed by atoms with Gasteiger partial charge in [0.05, 0.1) is 0 Å². The summed E-state index contributed by atoms with van der Waals surface area (Å²) in [5.41, 5.74) is 10.3. The molecule has 0 aliphatic carbocycles. The van der Waals surface area contributed by atoms with Crippen molar-refractivity contribution in [2.24, 2.45) is 17.6 Å². The average Bonchev–Trinajstić information content (AvgIpc) is 2.56. The van der Waals surface area contributed by atoms with E-state index in [1.807, 2.05) is 0 Å². The van der Waals surface area contributed by atoms with Crippen LogP contribution < -0.4 is 5.73 Å². The summed E-state index contributed by atoms with van der Waals surface area (Å²) >= 11 is 0. The van der Waals surface area contributed by atoms with Crippen LogP contribution in [-0.4, -0.2) is 24.5 Å². The van der Waals surface area contributed by atoms with E-state index in [9.17, 15) is 0 Å². The van der Waals surface area contributed by atoms with Gasteiger partial charge in [-0.25, -0.2) is 0 Å². The average molecular weight is 246 g/mol. The molecule has 2 heteroatoms. The number of nitrogens with two attached hydrogens (primary N) is 1. The molecule has 1 saturated heterocycles. The number of benzene rings is 1. The smallest absolute Gasteiger partial charge is 0.0424 e. The third-order valence-electron chi connectivity index (χ3n) is 4.19. The van der Waals surface area contributed by atoms with Gasteiger partial charge in [-0.05, 0) is 31.2 Å². The molecular formula is C16H26N2. The molecule has 100 valence electrons. The number of hydrogen-bond acceptors (Lipinski definition) is 2. The third kappa shape index (κ3) is 3.12. The zero-order valence-corrected chi connectivity index (χ0v) is 12.1. The number of hydrogen-bond donors (Lipinski definition) is 1. The van der Waals surface area contributed by atoms with Gasteiger partial charge < -0.3 is 10.6 Å². The maximum atomic E-state index is 6.36. The molecule has 0 saturated carbocycles. The Bertz CT molecular complexity index is 383. The Labute approximate surface area is 111 Å². The van der Waals surface area contributed by atoms with Gasteiger partial charge in [-0.15, -0.1) is 0 Å². The lowest BCUT2D eigenvalue weighted by Gasteiger charge is -2.21. The highest BCUT2D eigenvalue weighted by atomic mass is 15.2. The maximum absolute atomic E-state index is 6.36. The second kappa shape index (κ2) is 5.41. The molecule has 2 nitrogen and oxygen atoms in total. The van der Waals surface area contributed by atoms with Gasteiger partial charge in [0.25, 0.3) is 0 Å². The van der Waals surface area contributed by atoms with Crippen molar-refractivity contribution in [3.8, 4) is 0 Å². The Morgan fingerprint density at radius 1 is 1.11 bits per heavy atom. The second-order valence-corrected chi connectivity index (χ2v) is 6.20. The molecule has 0 radical (unpaired) electrons. The van der Waals surface area contributed by atoms with Crippen molar-refractivity contribution in [1.82, 2.24) is 4.90 Å². The summed E-state index contributed by atoms with van der Waals surface area (Å²) in [6.07, 6.45) is 0. The zero-order chi connectivity index (χ0) is 13.3. The number of rotatable bonds is 3. The predicted molar refractivity (Wildman–Crippen MR) is 77.6 cm³/mol. The van der Waals surface area contributed by atoms with Crippen LogP contribution in [0.3, 0.4) is 0 Å². The van der Waals surface area contributed by atoms with Crippen molar-refractivity contribution in [3.05, 3.63) is 34.9 Å². The van der Waals surface area contributed by atoms with Crippen LogP contribution in [0, 0.1) is 25.7 Å². The van der Waals surface area contributed by atoms with E-state index in [0.29, 0.717) is 0 Å². The molecule has 1 heterocycles. The van der Waals surface area contributed by atoms with Gasteiger partial charge in [-0.3, -0.25) is 0 Å².